The highest BCUT2D eigenvalue weighted by molar-refractivity contribution is 5.44. The average Bonchev–Trinajstić information content (AvgIpc) is 2.83. The van der Waals surface area contributed by atoms with E-state index in [1.807, 2.05) is 0 Å². The van der Waals surface area contributed by atoms with Crippen LogP contribution in [0.2, 0.25) is 0 Å². The summed E-state index contributed by atoms with van der Waals surface area (Å²) in [5.41, 5.74) is 3.09. The first-order valence-electron chi connectivity index (χ1n) is 7.39. The standard InChI is InChI=1S/C16H19N3O/c1-9(2)15-18-16(20-19-15)17-8-13-12-7-10-5-3-4-6-11(10)14(12)13/h3-6,9,12-14H,7-8H2,1-2H3,(H,17,18,19). The van der Waals surface area contributed by atoms with Crippen molar-refractivity contribution in [3.8, 4) is 0 Å². The molecule has 1 fully saturated rings. The highest BCUT2D eigenvalue weighted by atomic mass is 16.5. The van der Waals surface area contributed by atoms with Gasteiger partial charge in [-0.2, -0.15) is 4.98 Å². The zero-order chi connectivity index (χ0) is 13.7. The van der Waals surface area contributed by atoms with Crippen LogP contribution in [-0.4, -0.2) is 16.7 Å². The minimum Gasteiger partial charge on any atom is -0.337 e. The van der Waals surface area contributed by atoms with E-state index < -0.39 is 0 Å². The van der Waals surface area contributed by atoms with Crippen molar-refractivity contribution in [1.29, 1.82) is 0 Å². The van der Waals surface area contributed by atoms with Gasteiger partial charge in [0.2, 0.25) is 0 Å². The molecule has 0 spiro atoms. The van der Waals surface area contributed by atoms with Crippen molar-refractivity contribution < 1.29 is 4.52 Å². The predicted octanol–water partition coefficient (Wildman–Crippen LogP) is 3.19. The average molecular weight is 269 g/mol. The van der Waals surface area contributed by atoms with Crippen LogP contribution >= 0.6 is 0 Å². The second-order valence-corrected chi connectivity index (χ2v) is 6.25. The topological polar surface area (TPSA) is 51.0 Å². The monoisotopic (exact) mass is 269 g/mol. The fraction of sp³-hybridized carbons (Fsp3) is 0.500. The third-order valence-electron chi connectivity index (χ3n) is 4.65. The maximum atomic E-state index is 5.22. The lowest BCUT2D eigenvalue weighted by Crippen LogP contribution is -2.08. The first kappa shape index (κ1) is 11.9. The molecule has 1 aromatic carbocycles. The van der Waals surface area contributed by atoms with Crippen molar-refractivity contribution in [3.63, 3.8) is 0 Å². The normalized spacial score (nSPS) is 26.4. The summed E-state index contributed by atoms with van der Waals surface area (Å²) in [4.78, 5) is 4.36. The Morgan fingerprint density at radius 2 is 2.20 bits per heavy atom. The Labute approximate surface area is 118 Å². The summed E-state index contributed by atoms with van der Waals surface area (Å²) in [6, 6.07) is 9.40. The molecule has 0 radical (unpaired) electrons. The summed E-state index contributed by atoms with van der Waals surface area (Å²) in [5.74, 6) is 3.35. The number of anilines is 1. The summed E-state index contributed by atoms with van der Waals surface area (Å²) in [6.45, 7) is 5.07. The zero-order valence-corrected chi connectivity index (χ0v) is 11.8. The summed E-state index contributed by atoms with van der Waals surface area (Å²) in [7, 11) is 0. The van der Waals surface area contributed by atoms with Crippen LogP contribution in [0.4, 0.5) is 6.01 Å². The Balaban J connectivity index is 1.39. The van der Waals surface area contributed by atoms with Crippen molar-refractivity contribution in [1.82, 2.24) is 10.1 Å². The van der Waals surface area contributed by atoms with Crippen LogP contribution in [0, 0.1) is 11.8 Å². The number of hydrogen-bond donors (Lipinski definition) is 1. The number of aromatic nitrogens is 2. The van der Waals surface area contributed by atoms with Crippen molar-refractivity contribution in [3.05, 3.63) is 41.2 Å². The SMILES string of the molecule is CC(C)c1noc(NCC2C3Cc4ccccc4C23)n1. The fourth-order valence-corrected chi connectivity index (χ4v) is 3.51. The van der Waals surface area contributed by atoms with Crippen LogP contribution in [0.15, 0.2) is 28.8 Å². The minimum absolute atomic E-state index is 0.307. The van der Waals surface area contributed by atoms with E-state index in [1.165, 1.54) is 6.42 Å². The molecule has 4 nitrogen and oxygen atoms in total. The van der Waals surface area contributed by atoms with E-state index in [2.05, 4.69) is 53.6 Å². The molecule has 2 aliphatic carbocycles. The summed E-state index contributed by atoms with van der Waals surface area (Å²) < 4.78 is 5.22. The molecule has 0 bridgehead atoms. The fourth-order valence-electron chi connectivity index (χ4n) is 3.51. The third-order valence-corrected chi connectivity index (χ3v) is 4.65. The van der Waals surface area contributed by atoms with E-state index in [4.69, 9.17) is 4.52 Å². The van der Waals surface area contributed by atoms with E-state index in [9.17, 15) is 0 Å². The highest BCUT2D eigenvalue weighted by Crippen LogP contribution is 2.61. The molecular formula is C16H19N3O. The Hall–Kier alpha value is -1.84. The molecule has 4 heteroatoms. The van der Waals surface area contributed by atoms with Gasteiger partial charge in [0, 0.05) is 12.5 Å². The van der Waals surface area contributed by atoms with Crippen molar-refractivity contribution in [2.75, 3.05) is 11.9 Å². The van der Waals surface area contributed by atoms with E-state index in [0.29, 0.717) is 11.9 Å². The van der Waals surface area contributed by atoms with Gasteiger partial charge < -0.3 is 9.84 Å². The van der Waals surface area contributed by atoms with Crippen LogP contribution in [0.5, 0.6) is 0 Å². The molecule has 1 heterocycles. The van der Waals surface area contributed by atoms with Gasteiger partial charge >= 0.3 is 6.01 Å². The predicted molar refractivity (Wildman–Crippen MR) is 76.7 cm³/mol. The van der Waals surface area contributed by atoms with Crippen LogP contribution in [0.1, 0.15) is 42.6 Å². The molecule has 1 saturated carbocycles. The lowest BCUT2D eigenvalue weighted by Gasteiger charge is -2.07. The number of hydrogen-bond acceptors (Lipinski definition) is 4. The van der Waals surface area contributed by atoms with E-state index in [-0.39, 0.29) is 0 Å². The quantitative estimate of drug-likeness (QED) is 0.926. The van der Waals surface area contributed by atoms with Gasteiger partial charge in [-0.15, -0.1) is 0 Å². The molecule has 1 N–H and O–H groups in total. The van der Waals surface area contributed by atoms with Gasteiger partial charge in [0.1, 0.15) is 0 Å². The number of benzene rings is 1. The summed E-state index contributed by atoms with van der Waals surface area (Å²) >= 11 is 0. The van der Waals surface area contributed by atoms with E-state index in [1.54, 1.807) is 11.1 Å². The molecule has 0 aliphatic heterocycles. The zero-order valence-electron chi connectivity index (χ0n) is 11.8. The van der Waals surface area contributed by atoms with Crippen LogP contribution in [0.25, 0.3) is 0 Å². The Kier molecular flexibility index (Phi) is 2.59. The highest BCUT2D eigenvalue weighted by Gasteiger charge is 2.54. The van der Waals surface area contributed by atoms with E-state index in [0.717, 1.165) is 30.1 Å². The van der Waals surface area contributed by atoms with Crippen LogP contribution in [-0.2, 0) is 6.42 Å². The first-order chi connectivity index (χ1) is 9.74. The second-order valence-electron chi connectivity index (χ2n) is 6.25. The Bertz CT molecular complexity index is 634. The molecule has 0 amide bonds. The maximum Gasteiger partial charge on any atom is 0.321 e. The number of rotatable bonds is 4. The van der Waals surface area contributed by atoms with Gasteiger partial charge in [-0.3, -0.25) is 0 Å². The lowest BCUT2D eigenvalue weighted by molar-refractivity contribution is 0.418. The molecule has 104 valence electrons. The van der Waals surface area contributed by atoms with Gasteiger partial charge in [-0.05, 0) is 35.3 Å². The van der Waals surface area contributed by atoms with Crippen molar-refractivity contribution in [2.24, 2.45) is 11.8 Å². The molecule has 2 aliphatic rings. The van der Waals surface area contributed by atoms with Gasteiger partial charge in [-0.25, -0.2) is 0 Å². The Morgan fingerprint density at radius 3 is 3.00 bits per heavy atom. The molecule has 4 rings (SSSR count). The van der Waals surface area contributed by atoms with Gasteiger partial charge in [0.15, 0.2) is 5.82 Å². The first-order valence-corrected chi connectivity index (χ1v) is 7.39. The smallest absolute Gasteiger partial charge is 0.321 e. The maximum absolute atomic E-state index is 5.22. The van der Waals surface area contributed by atoms with E-state index >= 15 is 0 Å². The third kappa shape index (κ3) is 1.82. The molecule has 0 saturated heterocycles. The number of fused-ring (bicyclic) bond motifs is 3. The van der Waals surface area contributed by atoms with Crippen LogP contribution in [0.3, 0.4) is 0 Å². The molecule has 1 aromatic heterocycles. The molecule has 3 unspecified atom stereocenters. The van der Waals surface area contributed by atoms with Crippen LogP contribution < -0.4 is 5.32 Å². The lowest BCUT2D eigenvalue weighted by atomic mass is 10.0. The number of nitrogens with zero attached hydrogens (tertiary/aromatic N) is 2. The molecule has 2 aromatic rings. The number of nitrogens with one attached hydrogen (secondary N) is 1. The second kappa shape index (κ2) is 4.33. The largest absolute Gasteiger partial charge is 0.337 e. The van der Waals surface area contributed by atoms with Gasteiger partial charge in [0.05, 0.1) is 0 Å². The van der Waals surface area contributed by atoms with Crippen molar-refractivity contribution >= 4 is 6.01 Å². The molecule has 3 atom stereocenters. The van der Waals surface area contributed by atoms with Gasteiger partial charge in [0.25, 0.3) is 0 Å². The summed E-state index contributed by atoms with van der Waals surface area (Å²) in [6.07, 6.45) is 1.23. The Morgan fingerprint density at radius 1 is 1.35 bits per heavy atom. The summed E-state index contributed by atoms with van der Waals surface area (Å²) in [5, 5.41) is 7.27. The molecular weight excluding hydrogens is 250 g/mol. The minimum atomic E-state index is 0.307. The van der Waals surface area contributed by atoms with Gasteiger partial charge in [-0.1, -0.05) is 43.3 Å². The molecule has 20 heavy (non-hydrogen) atoms. The van der Waals surface area contributed by atoms with Crippen molar-refractivity contribution in [2.45, 2.75) is 32.1 Å².